The summed E-state index contributed by atoms with van der Waals surface area (Å²) in [5.74, 6) is 0.0248. The van der Waals surface area contributed by atoms with Crippen molar-refractivity contribution in [1.82, 2.24) is 5.32 Å². The van der Waals surface area contributed by atoms with Crippen LogP contribution in [0.3, 0.4) is 0 Å². The number of carbonyl (C=O) groups is 1. The molecule has 2 aromatic rings. The lowest BCUT2D eigenvalue weighted by Crippen LogP contribution is -2.25. The van der Waals surface area contributed by atoms with Crippen LogP contribution in [0, 0.1) is 6.92 Å². The predicted molar refractivity (Wildman–Crippen MR) is 82.6 cm³/mol. The van der Waals surface area contributed by atoms with E-state index in [4.69, 9.17) is 0 Å². The van der Waals surface area contributed by atoms with Crippen LogP contribution in [0.4, 0.5) is 5.69 Å². The molecule has 0 unspecified atom stereocenters. The molecule has 3 N–H and O–H groups in total. The summed E-state index contributed by atoms with van der Waals surface area (Å²) >= 11 is 0. The molecule has 0 fully saturated rings. The lowest BCUT2D eigenvalue weighted by atomic mass is 9.99. The lowest BCUT2D eigenvalue weighted by Gasteiger charge is -2.20. The van der Waals surface area contributed by atoms with Crippen molar-refractivity contribution in [2.45, 2.75) is 19.9 Å². The van der Waals surface area contributed by atoms with Crippen molar-refractivity contribution < 1.29 is 9.90 Å². The summed E-state index contributed by atoms with van der Waals surface area (Å²) in [6.07, 6.45) is 0.983. The Labute approximate surface area is 123 Å². The van der Waals surface area contributed by atoms with E-state index in [1.807, 2.05) is 19.1 Å². The number of rotatable bonds is 2. The maximum absolute atomic E-state index is 12.4. The van der Waals surface area contributed by atoms with Crippen molar-refractivity contribution in [2.24, 2.45) is 0 Å². The molecular formula is C17H18N2O2. The first-order valence-electron chi connectivity index (χ1n) is 7.07. The molecule has 0 bridgehead atoms. The average molecular weight is 282 g/mol. The van der Waals surface area contributed by atoms with Crippen LogP contribution >= 0.6 is 0 Å². The van der Waals surface area contributed by atoms with Gasteiger partial charge in [0.15, 0.2) is 0 Å². The Bertz CT molecular complexity index is 695. The highest BCUT2D eigenvalue weighted by atomic mass is 16.3. The second kappa shape index (κ2) is 5.58. The Morgan fingerprint density at radius 1 is 1.29 bits per heavy atom. The van der Waals surface area contributed by atoms with Crippen LogP contribution in [0.15, 0.2) is 36.4 Å². The molecular weight excluding hydrogens is 264 g/mol. The van der Waals surface area contributed by atoms with E-state index in [2.05, 4.69) is 16.7 Å². The molecule has 0 aliphatic carbocycles. The molecule has 0 saturated heterocycles. The van der Waals surface area contributed by atoms with Crippen molar-refractivity contribution in [1.29, 1.82) is 0 Å². The van der Waals surface area contributed by atoms with Gasteiger partial charge in [0.2, 0.25) is 0 Å². The zero-order valence-corrected chi connectivity index (χ0v) is 11.9. The molecule has 1 amide bonds. The molecule has 108 valence electrons. The van der Waals surface area contributed by atoms with Gasteiger partial charge in [0.1, 0.15) is 5.75 Å². The maximum atomic E-state index is 12.4. The van der Waals surface area contributed by atoms with Crippen LogP contribution in [-0.2, 0) is 13.0 Å². The van der Waals surface area contributed by atoms with E-state index in [0.29, 0.717) is 5.56 Å². The minimum atomic E-state index is -0.147. The summed E-state index contributed by atoms with van der Waals surface area (Å²) in [6.45, 7) is 3.57. The van der Waals surface area contributed by atoms with Gasteiger partial charge in [-0.1, -0.05) is 12.1 Å². The third-order valence-electron chi connectivity index (χ3n) is 3.85. The van der Waals surface area contributed by atoms with Gasteiger partial charge in [0.05, 0.1) is 0 Å². The second-order valence-corrected chi connectivity index (χ2v) is 5.32. The van der Waals surface area contributed by atoms with Gasteiger partial charge in [-0.2, -0.15) is 0 Å². The predicted octanol–water partition coefficient (Wildman–Crippen LogP) is 2.60. The monoisotopic (exact) mass is 282 g/mol. The maximum Gasteiger partial charge on any atom is 0.255 e. The smallest absolute Gasteiger partial charge is 0.255 e. The van der Waals surface area contributed by atoms with Gasteiger partial charge in [-0.15, -0.1) is 0 Å². The SMILES string of the molecule is Cc1cc(O)ccc1C(=O)Nc1cccc2c1CNCC2. The highest BCUT2D eigenvalue weighted by Gasteiger charge is 2.15. The zero-order chi connectivity index (χ0) is 14.8. The van der Waals surface area contributed by atoms with E-state index in [-0.39, 0.29) is 11.7 Å². The third-order valence-corrected chi connectivity index (χ3v) is 3.85. The number of benzene rings is 2. The molecule has 1 aliphatic heterocycles. The normalized spacial score (nSPS) is 13.6. The van der Waals surface area contributed by atoms with Crippen LogP contribution in [0.1, 0.15) is 27.0 Å². The number of aryl methyl sites for hydroxylation is 1. The molecule has 0 aromatic heterocycles. The first kappa shape index (κ1) is 13.6. The Kier molecular flexibility index (Phi) is 3.62. The van der Waals surface area contributed by atoms with Gasteiger partial charge >= 0.3 is 0 Å². The third kappa shape index (κ3) is 2.76. The molecule has 2 aromatic carbocycles. The van der Waals surface area contributed by atoms with Crippen molar-refractivity contribution in [3.63, 3.8) is 0 Å². The fourth-order valence-corrected chi connectivity index (χ4v) is 2.72. The van der Waals surface area contributed by atoms with Gasteiger partial charge in [-0.3, -0.25) is 4.79 Å². The summed E-state index contributed by atoms with van der Waals surface area (Å²) in [6, 6.07) is 10.8. The highest BCUT2D eigenvalue weighted by Crippen LogP contribution is 2.24. The largest absolute Gasteiger partial charge is 0.508 e. The minimum Gasteiger partial charge on any atom is -0.508 e. The number of hydrogen-bond acceptors (Lipinski definition) is 3. The molecule has 0 spiro atoms. The number of aromatic hydroxyl groups is 1. The molecule has 0 radical (unpaired) electrons. The highest BCUT2D eigenvalue weighted by molar-refractivity contribution is 6.05. The van der Waals surface area contributed by atoms with Gasteiger partial charge in [0.25, 0.3) is 5.91 Å². The number of amides is 1. The van der Waals surface area contributed by atoms with Gasteiger partial charge in [0, 0.05) is 17.8 Å². The molecule has 3 rings (SSSR count). The Morgan fingerprint density at radius 2 is 2.14 bits per heavy atom. The number of hydrogen-bond donors (Lipinski definition) is 3. The van der Waals surface area contributed by atoms with E-state index in [0.717, 1.165) is 36.3 Å². The standard InChI is InChI=1S/C17H18N2O2/c1-11-9-13(20)5-6-14(11)17(21)19-16-4-2-3-12-7-8-18-10-15(12)16/h2-6,9,18,20H,7-8,10H2,1H3,(H,19,21). The van der Waals surface area contributed by atoms with Gasteiger partial charge in [-0.25, -0.2) is 0 Å². The number of anilines is 1. The summed E-state index contributed by atoms with van der Waals surface area (Å²) < 4.78 is 0. The van der Waals surface area contributed by atoms with Crippen LogP contribution in [0.5, 0.6) is 5.75 Å². The number of phenolic OH excluding ortho intramolecular Hbond substituents is 1. The minimum absolute atomic E-state index is 0.147. The number of phenols is 1. The Balaban J connectivity index is 1.88. The van der Waals surface area contributed by atoms with Gasteiger partial charge in [-0.05, 0) is 60.8 Å². The first-order chi connectivity index (χ1) is 10.1. The molecule has 4 heteroatoms. The topological polar surface area (TPSA) is 61.4 Å². The van der Waals surface area contributed by atoms with E-state index in [1.165, 1.54) is 11.6 Å². The van der Waals surface area contributed by atoms with Crippen LogP contribution in [0.25, 0.3) is 0 Å². The summed E-state index contributed by atoms with van der Waals surface area (Å²) in [7, 11) is 0. The van der Waals surface area contributed by atoms with Crippen molar-refractivity contribution in [3.8, 4) is 5.75 Å². The first-order valence-corrected chi connectivity index (χ1v) is 7.07. The van der Waals surface area contributed by atoms with Crippen LogP contribution < -0.4 is 10.6 Å². The Hall–Kier alpha value is -2.33. The van der Waals surface area contributed by atoms with Gasteiger partial charge < -0.3 is 15.7 Å². The van der Waals surface area contributed by atoms with Crippen LogP contribution in [0.2, 0.25) is 0 Å². The summed E-state index contributed by atoms with van der Waals surface area (Å²) in [5.41, 5.74) is 4.64. The van der Waals surface area contributed by atoms with Crippen LogP contribution in [-0.4, -0.2) is 17.6 Å². The average Bonchev–Trinajstić information content (AvgIpc) is 2.47. The van der Waals surface area contributed by atoms with E-state index in [1.54, 1.807) is 12.1 Å². The van der Waals surface area contributed by atoms with Crippen molar-refractivity contribution in [3.05, 3.63) is 58.7 Å². The quantitative estimate of drug-likeness (QED) is 0.793. The summed E-state index contributed by atoms with van der Waals surface area (Å²) in [5, 5.41) is 15.7. The molecule has 1 aliphatic rings. The second-order valence-electron chi connectivity index (χ2n) is 5.32. The van der Waals surface area contributed by atoms with Crippen molar-refractivity contribution in [2.75, 3.05) is 11.9 Å². The molecule has 0 saturated carbocycles. The van der Waals surface area contributed by atoms with Crippen molar-refractivity contribution >= 4 is 11.6 Å². The fraction of sp³-hybridized carbons (Fsp3) is 0.235. The lowest BCUT2D eigenvalue weighted by molar-refractivity contribution is 0.102. The molecule has 4 nitrogen and oxygen atoms in total. The molecule has 21 heavy (non-hydrogen) atoms. The molecule has 1 heterocycles. The summed E-state index contributed by atoms with van der Waals surface area (Å²) in [4.78, 5) is 12.4. The van der Waals surface area contributed by atoms with E-state index in [9.17, 15) is 9.90 Å². The van der Waals surface area contributed by atoms with E-state index >= 15 is 0 Å². The molecule has 0 atom stereocenters. The fourth-order valence-electron chi connectivity index (χ4n) is 2.72. The zero-order valence-electron chi connectivity index (χ0n) is 11.9. The van der Waals surface area contributed by atoms with E-state index < -0.39 is 0 Å². The number of fused-ring (bicyclic) bond motifs is 1. The Morgan fingerprint density at radius 3 is 2.95 bits per heavy atom. The number of nitrogens with one attached hydrogen (secondary N) is 2. The number of carbonyl (C=O) groups excluding carboxylic acids is 1.